The zero-order chi connectivity index (χ0) is 17.2. The summed E-state index contributed by atoms with van der Waals surface area (Å²) in [5, 5.41) is 3.44. The molecule has 0 saturated heterocycles. The van der Waals surface area contributed by atoms with E-state index in [9.17, 15) is 8.42 Å². The van der Waals surface area contributed by atoms with E-state index in [1.807, 2.05) is 32.9 Å². The molecule has 0 spiro atoms. The molecule has 6 heteroatoms. The lowest BCUT2D eigenvalue weighted by molar-refractivity contribution is 0.387. The van der Waals surface area contributed by atoms with Crippen molar-refractivity contribution in [2.75, 3.05) is 13.4 Å². The zero-order valence-electron chi connectivity index (χ0n) is 14.1. The molecular weight excluding hydrogens is 314 g/mol. The van der Waals surface area contributed by atoms with E-state index in [-0.39, 0.29) is 17.0 Å². The van der Waals surface area contributed by atoms with E-state index < -0.39 is 9.84 Å². The van der Waals surface area contributed by atoms with Gasteiger partial charge >= 0.3 is 0 Å². The minimum Gasteiger partial charge on any atom is -0.495 e. The van der Waals surface area contributed by atoms with Crippen LogP contribution in [0.4, 0.5) is 0 Å². The van der Waals surface area contributed by atoms with Gasteiger partial charge in [-0.2, -0.15) is 0 Å². The Morgan fingerprint density at radius 1 is 1.13 bits per heavy atom. The summed E-state index contributed by atoms with van der Waals surface area (Å²) in [5.41, 5.74) is 0.948. The van der Waals surface area contributed by atoms with Gasteiger partial charge in [0.15, 0.2) is 9.84 Å². The van der Waals surface area contributed by atoms with Crippen LogP contribution in [0.2, 0.25) is 0 Å². The Labute approximate surface area is 137 Å². The van der Waals surface area contributed by atoms with Crippen molar-refractivity contribution in [1.29, 1.82) is 0 Å². The largest absolute Gasteiger partial charge is 0.495 e. The minimum absolute atomic E-state index is 0.0120. The molecule has 1 heterocycles. The summed E-state index contributed by atoms with van der Waals surface area (Å²) in [5.74, 6) is 2.11. The second-order valence-electron chi connectivity index (χ2n) is 5.74. The van der Waals surface area contributed by atoms with Gasteiger partial charge in [-0.25, -0.2) is 8.42 Å². The van der Waals surface area contributed by atoms with Crippen molar-refractivity contribution in [3.8, 4) is 5.75 Å². The molecule has 126 valence electrons. The molecule has 0 radical (unpaired) electrons. The van der Waals surface area contributed by atoms with Gasteiger partial charge in [0.1, 0.15) is 22.2 Å². The molecule has 23 heavy (non-hydrogen) atoms. The predicted molar refractivity (Wildman–Crippen MR) is 89.5 cm³/mol. The highest BCUT2D eigenvalue weighted by atomic mass is 32.2. The van der Waals surface area contributed by atoms with E-state index in [2.05, 4.69) is 5.32 Å². The molecule has 0 unspecified atom stereocenters. The fourth-order valence-corrected chi connectivity index (χ4v) is 3.32. The van der Waals surface area contributed by atoms with Crippen LogP contribution in [0.5, 0.6) is 5.75 Å². The van der Waals surface area contributed by atoms with Crippen molar-refractivity contribution in [3.05, 3.63) is 47.4 Å². The topological polar surface area (TPSA) is 68.5 Å². The van der Waals surface area contributed by atoms with Gasteiger partial charge in [-0.05, 0) is 50.6 Å². The quantitative estimate of drug-likeness (QED) is 0.875. The third kappa shape index (κ3) is 4.14. The highest BCUT2D eigenvalue weighted by Crippen LogP contribution is 2.28. The lowest BCUT2D eigenvalue weighted by atomic mass is 10.1. The number of hydrogen-bond donors (Lipinski definition) is 1. The molecule has 1 aromatic carbocycles. The molecular formula is C17H23NO4S. The molecule has 0 bridgehead atoms. The molecule has 2 rings (SSSR count). The number of ether oxygens (including phenoxy) is 1. The van der Waals surface area contributed by atoms with Gasteiger partial charge in [0, 0.05) is 12.3 Å². The third-order valence-corrected chi connectivity index (χ3v) is 4.91. The van der Waals surface area contributed by atoms with Crippen molar-refractivity contribution in [2.24, 2.45) is 0 Å². The molecule has 0 amide bonds. The summed E-state index contributed by atoms with van der Waals surface area (Å²) in [6.45, 7) is 5.95. The van der Waals surface area contributed by atoms with Crippen LogP contribution in [-0.4, -0.2) is 21.8 Å². The van der Waals surface area contributed by atoms with E-state index in [0.29, 0.717) is 5.75 Å². The lowest BCUT2D eigenvalue weighted by Crippen LogP contribution is -2.22. The van der Waals surface area contributed by atoms with Crippen LogP contribution in [0.25, 0.3) is 0 Å². The Balaban J connectivity index is 2.21. The number of furan rings is 1. The molecule has 0 saturated carbocycles. The van der Waals surface area contributed by atoms with Crippen LogP contribution in [0.1, 0.15) is 43.0 Å². The summed E-state index contributed by atoms with van der Waals surface area (Å²) in [7, 11) is -1.84. The smallest absolute Gasteiger partial charge is 0.179 e. The first-order valence-corrected chi connectivity index (χ1v) is 9.32. The number of nitrogens with one attached hydrogen (secondary N) is 1. The Kier molecular flexibility index (Phi) is 5.16. The maximum Gasteiger partial charge on any atom is 0.179 e. The van der Waals surface area contributed by atoms with Crippen LogP contribution in [-0.2, 0) is 9.84 Å². The molecule has 2 aromatic rings. The molecule has 5 nitrogen and oxygen atoms in total. The first-order chi connectivity index (χ1) is 10.7. The molecule has 0 aliphatic rings. The maximum absolute atomic E-state index is 11.8. The minimum atomic E-state index is -3.31. The summed E-state index contributed by atoms with van der Waals surface area (Å²) in [6, 6.07) is 9.08. The first kappa shape index (κ1) is 17.6. The van der Waals surface area contributed by atoms with Crippen molar-refractivity contribution >= 4 is 9.84 Å². The average molecular weight is 337 g/mol. The zero-order valence-corrected chi connectivity index (χ0v) is 14.9. The van der Waals surface area contributed by atoms with Crippen molar-refractivity contribution < 1.29 is 17.6 Å². The van der Waals surface area contributed by atoms with Gasteiger partial charge in [-0.3, -0.25) is 0 Å². The molecule has 2 atom stereocenters. The van der Waals surface area contributed by atoms with E-state index in [4.69, 9.17) is 9.15 Å². The van der Waals surface area contributed by atoms with E-state index >= 15 is 0 Å². The first-order valence-electron chi connectivity index (χ1n) is 7.42. The fraction of sp³-hybridized carbons (Fsp3) is 0.412. The third-order valence-electron chi connectivity index (χ3n) is 3.78. The number of methoxy groups -OCH3 is 1. The average Bonchev–Trinajstić information content (AvgIpc) is 2.92. The number of sulfone groups is 1. The summed E-state index contributed by atoms with van der Waals surface area (Å²) in [6.07, 6.45) is 1.17. The van der Waals surface area contributed by atoms with Gasteiger partial charge < -0.3 is 14.5 Å². The summed E-state index contributed by atoms with van der Waals surface area (Å²) >= 11 is 0. The number of rotatable bonds is 6. The van der Waals surface area contributed by atoms with Crippen LogP contribution < -0.4 is 10.1 Å². The molecule has 1 N–H and O–H groups in total. The normalized spacial score (nSPS) is 14.5. The molecule has 0 fully saturated rings. The standard InChI is InChI=1S/C17H23NO4S/c1-11-6-8-15(22-11)13(3)18-12(2)14-7-9-17(23(5,19)20)16(10-14)21-4/h6-10,12-13,18H,1-5H3/t12-,13+/m0/s1. The maximum atomic E-state index is 11.8. The second kappa shape index (κ2) is 6.76. The van der Waals surface area contributed by atoms with Crippen molar-refractivity contribution in [3.63, 3.8) is 0 Å². The molecule has 0 aliphatic heterocycles. The predicted octanol–water partition coefficient (Wildman–Crippen LogP) is 3.41. The van der Waals surface area contributed by atoms with Crippen LogP contribution in [0.3, 0.4) is 0 Å². The van der Waals surface area contributed by atoms with Crippen LogP contribution in [0.15, 0.2) is 39.6 Å². The molecule has 1 aromatic heterocycles. The number of hydrogen-bond acceptors (Lipinski definition) is 5. The highest BCUT2D eigenvalue weighted by molar-refractivity contribution is 7.90. The Bertz CT molecular complexity index is 780. The monoisotopic (exact) mass is 337 g/mol. The number of benzene rings is 1. The van der Waals surface area contributed by atoms with Gasteiger partial charge in [-0.1, -0.05) is 6.07 Å². The Hall–Kier alpha value is -1.79. The SMILES string of the molecule is COc1cc([C@H](C)N[C@H](C)c2ccc(C)o2)ccc1S(C)(=O)=O. The van der Waals surface area contributed by atoms with Gasteiger partial charge in [0.05, 0.1) is 13.2 Å². The van der Waals surface area contributed by atoms with Crippen molar-refractivity contribution in [2.45, 2.75) is 37.8 Å². The van der Waals surface area contributed by atoms with Gasteiger partial charge in [0.2, 0.25) is 0 Å². The van der Waals surface area contributed by atoms with E-state index in [1.165, 1.54) is 13.4 Å². The van der Waals surface area contributed by atoms with E-state index in [0.717, 1.165) is 17.1 Å². The second-order valence-corrected chi connectivity index (χ2v) is 7.73. The van der Waals surface area contributed by atoms with E-state index in [1.54, 1.807) is 18.2 Å². The highest BCUT2D eigenvalue weighted by Gasteiger charge is 2.18. The Morgan fingerprint density at radius 2 is 1.83 bits per heavy atom. The lowest BCUT2D eigenvalue weighted by Gasteiger charge is -2.20. The van der Waals surface area contributed by atoms with Gasteiger partial charge in [0.25, 0.3) is 0 Å². The summed E-state index contributed by atoms with van der Waals surface area (Å²) in [4.78, 5) is 0.200. The van der Waals surface area contributed by atoms with Crippen molar-refractivity contribution in [1.82, 2.24) is 5.32 Å². The van der Waals surface area contributed by atoms with Crippen LogP contribution in [0, 0.1) is 6.92 Å². The fourth-order valence-electron chi connectivity index (χ4n) is 2.50. The van der Waals surface area contributed by atoms with Crippen LogP contribution >= 0.6 is 0 Å². The Morgan fingerprint density at radius 3 is 2.35 bits per heavy atom. The van der Waals surface area contributed by atoms with Gasteiger partial charge in [-0.15, -0.1) is 0 Å². The molecule has 0 aliphatic carbocycles. The summed E-state index contributed by atoms with van der Waals surface area (Å²) < 4.78 is 34.4. The number of aryl methyl sites for hydroxylation is 1.